The van der Waals surface area contributed by atoms with Crippen LogP contribution < -0.4 is 21.8 Å². The highest BCUT2D eigenvalue weighted by Crippen LogP contribution is 2.30. The molecule has 2 aromatic carbocycles. The van der Waals surface area contributed by atoms with Crippen LogP contribution >= 0.6 is 27.3 Å². The maximum atomic E-state index is 13.0. The molecule has 0 fully saturated rings. The lowest BCUT2D eigenvalue weighted by molar-refractivity contribution is -0.106. The van der Waals surface area contributed by atoms with Crippen molar-refractivity contribution in [3.8, 4) is 0 Å². The molecule has 0 bridgehead atoms. The second kappa shape index (κ2) is 9.23. The Balaban J connectivity index is 1.56. The van der Waals surface area contributed by atoms with Crippen LogP contribution in [0.25, 0.3) is 10.2 Å². The summed E-state index contributed by atoms with van der Waals surface area (Å²) in [6.45, 7) is 0.722. The van der Waals surface area contributed by atoms with Crippen LogP contribution in [0.1, 0.15) is 21.5 Å². The maximum absolute atomic E-state index is 13.0. The molecule has 156 valence electrons. The highest BCUT2D eigenvalue weighted by molar-refractivity contribution is 9.18. The van der Waals surface area contributed by atoms with Crippen molar-refractivity contribution in [2.75, 3.05) is 22.9 Å². The molecule has 0 aliphatic rings. The zero-order valence-corrected chi connectivity index (χ0v) is 18.8. The third-order valence-electron chi connectivity index (χ3n) is 4.75. The van der Waals surface area contributed by atoms with Crippen molar-refractivity contribution in [2.45, 2.75) is 6.42 Å². The summed E-state index contributed by atoms with van der Waals surface area (Å²) in [4.78, 5) is 21.2. The van der Waals surface area contributed by atoms with E-state index in [1.165, 1.54) is 23.2 Å². The van der Waals surface area contributed by atoms with E-state index >= 15 is 0 Å². The number of amides is 1. The Bertz CT molecular complexity index is 1260. The molecule has 0 aliphatic heterocycles. The normalized spacial score (nSPS) is 10.7. The molecule has 7 nitrogen and oxygen atoms in total. The Hall–Kier alpha value is -3.30. The van der Waals surface area contributed by atoms with Gasteiger partial charge in [-0.3, -0.25) is 4.79 Å². The van der Waals surface area contributed by atoms with Crippen molar-refractivity contribution in [3.63, 3.8) is 0 Å². The number of nitrogen functional groups attached to an aromatic ring is 1. The first kappa shape index (κ1) is 21.0. The van der Waals surface area contributed by atoms with E-state index in [4.69, 9.17) is 11.1 Å². The third-order valence-corrected chi connectivity index (χ3v) is 6.14. The summed E-state index contributed by atoms with van der Waals surface area (Å²) in [6.07, 6.45) is 2.22. The quantitative estimate of drug-likeness (QED) is 0.293. The Morgan fingerprint density at radius 3 is 2.65 bits per heavy atom. The molecule has 0 atom stereocenters. The number of nitrogens with one attached hydrogen (secondary N) is 2. The monoisotopic (exact) mass is 495 g/mol. The molecule has 4 rings (SSSR count). The van der Waals surface area contributed by atoms with Crippen molar-refractivity contribution in [3.05, 3.63) is 76.9 Å². The average molecular weight is 496 g/mol. The number of hydrogen-bond donors (Lipinski definition) is 4. The first-order valence-corrected chi connectivity index (χ1v) is 11.2. The molecule has 0 spiro atoms. The van der Waals surface area contributed by atoms with Gasteiger partial charge in [-0.25, -0.2) is 15.4 Å². The molecular formula is C22H20BrN6OS+. The minimum atomic E-state index is -0.291. The van der Waals surface area contributed by atoms with Crippen molar-refractivity contribution in [1.29, 1.82) is 0 Å². The van der Waals surface area contributed by atoms with E-state index in [0.717, 1.165) is 18.7 Å². The molecule has 31 heavy (non-hydrogen) atoms. The summed E-state index contributed by atoms with van der Waals surface area (Å²) in [5.74, 6) is 0.0678. The Labute approximate surface area is 191 Å². The minimum Gasteiger partial charge on any atom is -0.384 e. The van der Waals surface area contributed by atoms with E-state index in [0.29, 0.717) is 37.5 Å². The van der Waals surface area contributed by atoms with Gasteiger partial charge in [-0.05, 0) is 24.1 Å². The topological polar surface area (TPSA) is 119 Å². The number of hydrogen-bond acceptors (Lipinski definition) is 6. The van der Waals surface area contributed by atoms with Crippen LogP contribution in [0.2, 0.25) is 0 Å². The molecule has 2 heterocycles. The van der Waals surface area contributed by atoms with Gasteiger partial charge in [0.15, 0.2) is 0 Å². The number of nitrogens with two attached hydrogens (primary N) is 2. The zero-order valence-electron chi connectivity index (χ0n) is 16.4. The molecule has 2 aromatic heterocycles. The third kappa shape index (κ3) is 4.57. The van der Waals surface area contributed by atoms with Gasteiger partial charge in [0.25, 0.3) is 10.5 Å². The van der Waals surface area contributed by atoms with Gasteiger partial charge in [-0.15, -0.1) is 11.3 Å². The number of halogens is 1. The van der Waals surface area contributed by atoms with E-state index in [9.17, 15) is 4.79 Å². The van der Waals surface area contributed by atoms with Crippen molar-refractivity contribution < 1.29 is 10.2 Å². The summed E-state index contributed by atoms with van der Waals surface area (Å²) >= 11 is 4.72. The fraction of sp³-hybridized carbons (Fsp3) is 0.0909. The van der Waals surface area contributed by atoms with E-state index in [2.05, 4.69) is 48.7 Å². The number of rotatable bonds is 7. The lowest BCUT2D eigenvalue weighted by atomic mass is 10.1. The number of thiophene rings is 1. The van der Waals surface area contributed by atoms with Crippen LogP contribution in [-0.2, 0) is 6.42 Å². The van der Waals surface area contributed by atoms with Crippen molar-refractivity contribution in [1.82, 2.24) is 9.97 Å². The number of aromatic nitrogens is 2. The van der Waals surface area contributed by atoms with Crippen LogP contribution in [0, 0.1) is 0 Å². The van der Waals surface area contributed by atoms with Gasteiger partial charge in [0.2, 0.25) is 0 Å². The number of fused-ring (bicyclic) bond motifs is 1. The number of carbonyl (C=O) groups is 1. The Morgan fingerprint density at radius 2 is 1.87 bits per heavy atom. The van der Waals surface area contributed by atoms with E-state index < -0.39 is 0 Å². The molecule has 0 aliphatic carbocycles. The highest BCUT2D eigenvalue weighted by Gasteiger charge is 2.20. The maximum Gasteiger partial charge on any atom is 0.258 e. The van der Waals surface area contributed by atoms with Gasteiger partial charge < -0.3 is 16.4 Å². The average Bonchev–Trinajstić information content (AvgIpc) is 3.20. The second-order valence-corrected chi connectivity index (χ2v) is 8.51. The molecule has 4 aromatic rings. The first-order chi connectivity index (χ1) is 15.0. The van der Waals surface area contributed by atoms with Gasteiger partial charge >= 0.3 is 0 Å². The number of carbonyl (C=O) groups excluding carboxylic acids is 1. The second-order valence-electron chi connectivity index (χ2n) is 6.78. The van der Waals surface area contributed by atoms with Gasteiger partial charge in [-0.1, -0.05) is 36.4 Å². The van der Waals surface area contributed by atoms with E-state index in [1.54, 1.807) is 5.38 Å². The predicted molar refractivity (Wildman–Crippen MR) is 130 cm³/mol. The van der Waals surface area contributed by atoms with Crippen molar-refractivity contribution in [2.24, 2.45) is 0 Å². The standard InChI is InChI=1S/C22H19BrN6OS/c23-20(24)17-15(26-10-9-13-5-2-1-3-6-13)7-4-8-16(17)29-22(30)14-11-31-19-18(14)27-12-28-21(19)25/h1-8,11-12,24,26H,9-10H2,(H,29,30)(H2,25,27,28)/p+1. The zero-order chi connectivity index (χ0) is 21.8. The molecule has 0 unspecified atom stereocenters. The van der Waals surface area contributed by atoms with Gasteiger partial charge in [0, 0.05) is 27.9 Å². The summed E-state index contributed by atoms with van der Waals surface area (Å²) < 4.78 is 1.11. The fourth-order valence-corrected chi connectivity index (χ4v) is 4.60. The number of benzene rings is 2. The highest BCUT2D eigenvalue weighted by atomic mass is 79.9. The van der Waals surface area contributed by atoms with Gasteiger partial charge in [-0.2, -0.15) is 0 Å². The Morgan fingerprint density at radius 1 is 1.10 bits per heavy atom. The summed E-state index contributed by atoms with van der Waals surface area (Å²) in [5.41, 5.74) is 10.2. The van der Waals surface area contributed by atoms with Gasteiger partial charge in [0.05, 0.1) is 32.7 Å². The van der Waals surface area contributed by atoms with Crippen LogP contribution in [-0.4, -0.2) is 27.0 Å². The summed E-state index contributed by atoms with van der Waals surface area (Å²) in [6, 6.07) is 15.8. The lowest BCUT2D eigenvalue weighted by Gasteiger charge is -2.14. The van der Waals surface area contributed by atoms with Crippen LogP contribution in [0.5, 0.6) is 0 Å². The van der Waals surface area contributed by atoms with Gasteiger partial charge in [0.1, 0.15) is 12.1 Å². The first-order valence-electron chi connectivity index (χ1n) is 9.52. The van der Waals surface area contributed by atoms with E-state index in [-0.39, 0.29) is 5.91 Å². The molecule has 0 saturated heterocycles. The summed E-state index contributed by atoms with van der Waals surface area (Å²) in [7, 11) is 0. The largest absolute Gasteiger partial charge is 0.384 e. The molecule has 1 amide bonds. The lowest BCUT2D eigenvalue weighted by Crippen LogP contribution is -2.37. The van der Waals surface area contributed by atoms with Crippen molar-refractivity contribution >= 4 is 65.2 Å². The molecule has 9 heteroatoms. The molecule has 0 saturated carbocycles. The molecule has 0 radical (unpaired) electrons. The predicted octanol–water partition coefficient (Wildman–Crippen LogP) is 3.08. The van der Waals surface area contributed by atoms with Crippen LogP contribution in [0.3, 0.4) is 0 Å². The molecule has 6 N–H and O–H groups in total. The number of anilines is 3. The van der Waals surface area contributed by atoms with Crippen LogP contribution in [0.4, 0.5) is 17.2 Å². The van der Waals surface area contributed by atoms with Crippen LogP contribution in [0.15, 0.2) is 60.2 Å². The Kier molecular flexibility index (Phi) is 6.24. The summed E-state index contributed by atoms with van der Waals surface area (Å²) in [5, 5.41) is 14.2. The molecular weight excluding hydrogens is 476 g/mol. The SMILES string of the molecule is Nc1ncnc2c(C(=O)Nc3cccc(NCCc4ccccc4)c3C(=[NH2+])Br)csc12. The minimum absolute atomic E-state index is 0.291. The van der Waals surface area contributed by atoms with E-state index in [1.807, 2.05) is 36.4 Å². The fourth-order valence-electron chi connectivity index (χ4n) is 3.27. The number of nitrogens with zero attached hydrogens (tertiary/aromatic N) is 2. The smallest absolute Gasteiger partial charge is 0.258 e.